The molecule has 0 aliphatic carbocycles. The maximum absolute atomic E-state index is 4.76. The van der Waals surface area contributed by atoms with Crippen LogP contribution in [0.5, 0.6) is 0 Å². The molecule has 0 atom stereocenters. The highest BCUT2D eigenvalue weighted by molar-refractivity contribution is 5.94. The van der Waals surface area contributed by atoms with Gasteiger partial charge in [0.2, 0.25) is 12.2 Å². The second-order valence-corrected chi connectivity index (χ2v) is 3.43. The fourth-order valence-corrected chi connectivity index (χ4v) is 1.81. The molecule has 0 amide bonds. The van der Waals surface area contributed by atoms with Crippen molar-refractivity contribution in [1.29, 1.82) is 0 Å². The van der Waals surface area contributed by atoms with Crippen molar-refractivity contribution >= 4 is 10.9 Å². The SMILES string of the molecule is Cn1cc(-c2ncon2)c2ccccc21. The second kappa shape index (κ2) is 2.95. The molecule has 0 spiro atoms. The van der Waals surface area contributed by atoms with Crippen molar-refractivity contribution < 1.29 is 4.52 Å². The lowest BCUT2D eigenvalue weighted by molar-refractivity contribution is 0.419. The van der Waals surface area contributed by atoms with Gasteiger partial charge in [0, 0.05) is 29.7 Å². The van der Waals surface area contributed by atoms with Crippen LogP contribution in [-0.4, -0.2) is 14.7 Å². The number of hydrogen-bond acceptors (Lipinski definition) is 3. The third-order valence-corrected chi connectivity index (χ3v) is 2.50. The van der Waals surface area contributed by atoms with E-state index in [-0.39, 0.29) is 0 Å². The van der Waals surface area contributed by atoms with Gasteiger partial charge in [-0.3, -0.25) is 0 Å². The smallest absolute Gasteiger partial charge is 0.214 e. The Bertz CT molecular complexity index is 595. The molecule has 0 radical (unpaired) electrons. The van der Waals surface area contributed by atoms with Gasteiger partial charge < -0.3 is 9.09 Å². The summed E-state index contributed by atoms with van der Waals surface area (Å²) in [6, 6.07) is 8.15. The molecule has 0 fully saturated rings. The summed E-state index contributed by atoms with van der Waals surface area (Å²) in [5.74, 6) is 0.631. The molecule has 2 heterocycles. The summed E-state index contributed by atoms with van der Waals surface area (Å²) >= 11 is 0. The van der Waals surface area contributed by atoms with Crippen molar-refractivity contribution in [1.82, 2.24) is 14.7 Å². The molecule has 0 N–H and O–H groups in total. The molecule has 2 aromatic heterocycles. The minimum Gasteiger partial charge on any atom is -0.350 e. The van der Waals surface area contributed by atoms with Crippen LogP contribution >= 0.6 is 0 Å². The Hall–Kier alpha value is -2.10. The Morgan fingerprint density at radius 2 is 2.13 bits per heavy atom. The summed E-state index contributed by atoms with van der Waals surface area (Å²) in [4.78, 5) is 4.06. The number of aryl methyl sites for hydroxylation is 1. The average Bonchev–Trinajstić information content (AvgIpc) is 2.87. The molecule has 3 rings (SSSR count). The Kier molecular flexibility index (Phi) is 1.62. The molecular formula is C11H9N3O. The van der Waals surface area contributed by atoms with E-state index in [0.29, 0.717) is 5.82 Å². The van der Waals surface area contributed by atoms with Gasteiger partial charge in [-0.15, -0.1) is 0 Å². The van der Waals surface area contributed by atoms with Crippen molar-refractivity contribution in [2.24, 2.45) is 7.05 Å². The third-order valence-electron chi connectivity index (χ3n) is 2.50. The molecular weight excluding hydrogens is 190 g/mol. The van der Waals surface area contributed by atoms with Gasteiger partial charge in [-0.05, 0) is 6.07 Å². The van der Waals surface area contributed by atoms with Gasteiger partial charge in [0.15, 0.2) is 0 Å². The Balaban J connectivity index is 2.37. The lowest BCUT2D eigenvalue weighted by Gasteiger charge is -1.92. The van der Waals surface area contributed by atoms with Crippen molar-refractivity contribution in [3.8, 4) is 11.4 Å². The third kappa shape index (κ3) is 1.15. The maximum atomic E-state index is 4.76. The average molecular weight is 199 g/mol. The largest absolute Gasteiger partial charge is 0.350 e. The van der Waals surface area contributed by atoms with E-state index in [1.54, 1.807) is 0 Å². The molecule has 0 saturated carbocycles. The lowest BCUT2D eigenvalue weighted by atomic mass is 10.2. The van der Waals surface area contributed by atoms with E-state index in [1.807, 2.05) is 25.4 Å². The van der Waals surface area contributed by atoms with Crippen molar-refractivity contribution in [2.75, 3.05) is 0 Å². The predicted octanol–water partition coefficient (Wildman–Crippen LogP) is 2.23. The first-order valence-corrected chi connectivity index (χ1v) is 4.67. The minimum atomic E-state index is 0.631. The molecule has 0 aliphatic rings. The van der Waals surface area contributed by atoms with E-state index < -0.39 is 0 Å². The zero-order chi connectivity index (χ0) is 10.3. The van der Waals surface area contributed by atoms with Crippen LogP contribution in [0.3, 0.4) is 0 Å². The molecule has 0 bridgehead atoms. The van der Waals surface area contributed by atoms with Gasteiger partial charge >= 0.3 is 0 Å². The highest BCUT2D eigenvalue weighted by Gasteiger charge is 2.10. The van der Waals surface area contributed by atoms with Crippen molar-refractivity contribution in [3.05, 3.63) is 36.9 Å². The first kappa shape index (κ1) is 8.23. The molecule has 4 nitrogen and oxygen atoms in total. The predicted molar refractivity (Wildman–Crippen MR) is 56.2 cm³/mol. The topological polar surface area (TPSA) is 43.9 Å². The first-order chi connectivity index (χ1) is 7.36. The fraction of sp³-hybridized carbons (Fsp3) is 0.0909. The molecule has 74 valence electrons. The Morgan fingerprint density at radius 3 is 2.93 bits per heavy atom. The highest BCUT2D eigenvalue weighted by atomic mass is 16.5. The summed E-state index contributed by atoms with van der Waals surface area (Å²) in [5, 5.41) is 4.99. The Morgan fingerprint density at radius 1 is 1.27 bits per heavy atom. The van der Waals surface area contributed by atoms with E-state index >= 15 is 0 Å². The molecule has 0 aliphatic heterocycles. The van der Waals surface area contributed by atoms with E-state index in [4.69, 9.17) is 4.52 Å². The summed E-state index contributed by atoms with van der Waals surface area (Å²) in [6.07, 6.45) is 3.35. The zero-order valence-corrected chi connectivity index (χ0v) is 8.21. The molecule has 15 heavy (non-hydrogen) atoms. The number of aromatic nitrogens is 3. The highest BCUT2D eigenvalue weighted by Crippen LogP contribution is 2.27. The second-order valence-electron chi connectivity index (χ2n) is 3.43. The van der Waals surface area contributed by atoms with Crippen LogP contribution in [0, 0.1) is 0 Å². The van der Waals surface area contributed by atoms with Crippen LogP contribution in [0.15, 0.2) is 41.4 Å². The standard InChI is InChI=1S/C11H9N3O/c1-14-6-9(11-12-7-15-13-11)8-4-2-3-5-10(8)14/h2-7H,1H3. The van der Waals surface area contributed by atoms with Crippen LogP contribution in [0.1, 0.15) is 0 Å². The quantitative estimate of drug-likeness (QED) is 0.603. The van der Waals surface area contributed by atoms with Gasteiger partial charge in [-0.2, -0.15) is 4.98 Å². The summed E-state index contributed by atoms with van der Waals surface area (Å²) < 4.78 is 6.81. The summed E-state index contributed by atoms with van der Waals surface area (Å²) in [6.45, 7) is 0. The molecule has 4 heteroatoms. The van der Waals surface area contributed by atoms with E-state index in [9.17, 15) is 0 Å². The van der Waals surface area contributed by atoms with Crippen molar-refractivity contribution in [3.63, 3.8) is 0 Å². The van der Waals surface area contributed by atoms with Crippen LogP contribution in [0.4, 0.5) is 0 Å². The number of para-hydroxylation sites is 1. The van der Waals surface area contributed by atoms with Gasteiger partial charge in [-0.25, -0.2) is 0 Å². The lowest BCUT2D eigenvalue weighted by Crippen LogP contribution is -1.81. The molecule has 0 saturated heterocycles. The molecule has 3 aromatic rings. The van der Waals surface area contributed by atoms with Gasteiger partial charge in [0.05, 0.1) is 0 Å². The van der Waals surface area contributed by atoms with Crippen LogP contribution in [0.25, 0.3) is 22.3 Å². The summed E-state index contributed by atoms with van der Waals surface area (Å²) in [7, 11) is 2.01. The first-order valence-electron chi connectivity index (χ1n) is 4.67. The van der Waals surface area contributed by atoms with Crippen LogP contribution in [-0.2, 0) is 7.05 Å². The fourth-order valence-electron chi connectivity index (χ4n) is 1.81. The van der Waals surface area contributed by atoms with Gasteiger partial charge in [-0.1, -0.05) is 23.4 Å². The maximum Gasteiger partial charge on any atom is 0.214 e. The number of hydrogen-bond donors (Lipinski definition) is 0. The normalized spacial score (nSPS) is 11.0. The molecule has 0 unspecified atom stereocenters. The van der Waals surface area contributed by atoms with E-state index in [1.165, 1.54) is 6.39 Å². The number of rotatable bonds is 1. The van der Waals surface area contributed by atoms with E-state index in [2.05, 4.69) is 26.8 Å². The van der Waals surface area contributed by atoms with Crippen molar-refractivity contribution in [2.45, 2.75) is 0 Å². The van der Waals surface area contributed by atoms with Crippen LogP contribution < -0.4 is 0 Å². The van der Waals surface area contributed by atoms with Crippen LogP contribution in [0.2, 0.25) is 0 Å². The van der Waals surface area contributed by atoms with E-state index in [0.717, 1.165) is 16.5 Å². The number of nitrogens with zero attached hydrogens (tertiary/aromatic N) is 3. The van der Waals surface area contributed by atoms with Gasteiger partial charge in [0.25, 0.3) is 0 Å². The summed E-state index contributed by atoms with van der Waals surface area (Å²) in [5.41, 5.74) is 2.17. The minimum absolute atomic E-state index is 0.631. The zero-order valence-electron chi connectivity index (χ0n) is 8.21. The monoisotopic (exact) mass is 199 g/mol. The molecule has 1 aromatic carbocycles. The Labute approximate surface area is 86.1 Å². The number of fused-ring (bicyclic) bond motifs is 1. The number of benzene rings is 1. The van der Waals surface area contributed by atoms with Gasteiger partial charge in [0.1, 0.15) is 0 Å².